The van der Waals surface area contributed by atoms with E-state index >= 15 is 0 Å². The molecule has 2 aliphatic rings. The average molecular weight is 269 g/mol. The van der Waals surface area contributed by atoms with Gasteiger partial charge in [0.2, 0.25) is 0 Å². The van der Waals surface area contributed by atoms with Crippen LogP contribution in [-0.2, 0) is 9.53 Å². The van der Waals surface area contributed by atoms with Crippen molar-refractivity contribution in [3.63, 3.8) is 0 Å². The molecule has 2 rings (SSSR count). The number of carbonyl (C=O) groups is 1. The molecule has 0 aromatic carbocycles. The summed E-state index contributed by atoms with van der Waals surface area (Å²) in [4.78, 5) is 16.7. The number of ether oxygens (including phenoxy) is 1. The van der Waals surface area contributed by atoms with Crippen molar-refractivity contribution in [3.8, 4) is 0 Å². The Morgan fingerprint density at radius 1 is 1.37 bits per heavy atom. The van der Waals surface area contributed by atoms with Crippen molar-refractivity contribution >= 4 is 5.97 Å². The monoisotopic (exact) mass is 269 g/mol. The normalized spacial score (nSPS) is 31.8. The second-order valence-corrected chi connectivity index (χ2v) is 6.21. The fourth-order valence-corrected chi connectivity index (χ4v) is 3.35. The lowest BCUT2D eigenvalue weighted by Crippen LogP contribution is -2.55. The Hall–Kier alpha value is -0.650. The zero-order chi connectivity index (χ0) is 14.0. The Kier molecular flexibility index (Phi) is 4.48. The van der Waals surface area contributed by atoms with E-state index in [4.69, 9.17) is 10.5 Å². The van der Waals surface area contributed by atoms with E-state index < -0.39 is 5.54 Å². The van der Waals surface area contributed by atoms with Gasteiger partial charge in [-0.3, -0.25) is 14.6 Å². The number of esters is 1. The van der Waals surface area contributed by atoms with E-state index in [1.807, 2.05) is 6.92 Å². The lowest BCUT2D eigenvalue weighted by molar-refractivity contribution is -0.149. The summed E-state index contributed by atoms with van der Waals surface area (Å²) < 4.78 is 5.06. The average Bonchev–Trinajstić information content (AvgIpc) is 2.58. The quantitative estimate of drug-likeness (QED) is 0.750. The topological polar surface area (TPSA) is 58.8 Å². The second kappa shape index (κ2) is 5.77. The van der Waals surface area contributed by atoms with Crippen molar-refractivity contribution in [2.24, 2.45) is 5.73 Å². The molecule has 0 aromatic heterocycles. The van der Waals surface area contributed by atoms with Crippen LogP contribution in [0.5, 0.6) is 0 Å². The minimum absolute atomic E-state index is 0.294. The van der Waals surface area contributed by atoms with E-state index in [0.29, 0.717) is 25.2 Å². The maximum absolute atomic E-state index is 11.9. The molecule has 2 bridgehead atoms. The largest absolute Gasteiger partial charge is 0.465 e. The fourth-order valence-electron chi connectivity index (χ4n) is 3.35. The SMILES string of the molecule is CCOC(=O)C(C)(N)CN1CCC2CCC(C1)N2C. The minimum atomic E-state index is -0.905. The van der Waals surface area contributed by atoms with Crippen LogP contribution >= 0.6 is 0 Å². The maximum Gasteiger partial charge on any atom is 0.327 e. The Morgan fingerprint density at radius 2 is 2.05 bits per heavy atom. The highest BCUT2D eigenvalue weighted by Gasteiger charge is 2.38. The zero-order valence-electron chi connectivity index (χ0n) is 12.4. The molecule has 3 atom stereocenters. The Balaban J connectivity index is 1.94. The molecule has 5 heteroatoms. The van der Waals surface area contributed by atoms with Crippen molar-refractivity contribution in [2.45, 2.75) is 50.7 Å². The Labute approximate surface area is 116 Å². The molecule has 2 saturated heterocycles. The van der Waals surface area contributed by atoms with E-state index in [1.165, 1.54) is 19.3 Å². The molecule has 0 aromatic rings. The molecule has 2 heterocycles. The second-order valence-electron chi connectivity index (χ2n) is 6.21. The molecule has 110 valence electrons. The van der Waals surface area contributed by atoms with Crippen LogP contribution in [0.2, 0.25) is 0 Å². The van der Waals surface area contributed by atoms with Crippen LogP contribution in [0.1, 0.15) is 33.1 Å². The van der Waals surface area contributed by atoms with E-state index in [-0.39, 0.29) is 5.97 Å². The molecule has 0 amide bonds. The molecule has 5 nitrogen and oxygen atoms in total. The summed E-state index contributed by atoms with van der Waals surface area (Å²) in [6.07, 6.45) is 3.75. The van der Waals surface area contributed by atoms with Gasteiger partial charge in [-0.25, -0.2) is 0 Å². The van der Waals surface area contributed by atoms with Gasteiger partial charge in [-0.2, -0.15) is 0 Å². The Morgan fingerprint density at radius 3 is 2.74 bits per heavy atom. The van der Waals surface area contributed by atoms with E-state index in [1.54, 1.807) is 6.92 Å². The zero-order valence-corrected chi connectivity index (χ0v) is 12.4. The number of nitrogens with zero attached hydrogens (tertiary/aromatic N) is 2. The van der Waals surface area contributed by atoms with Crippen LogP contribution in [-0.4, -0.2) is 66.7 Å². The highest BCUT2D eigenvalue weighted by Crippen LogP contribution is 2.28. The van der Waals surface area contributed by atoms with E-state index in [2.05, 4.69) is 16.8 Å². The van der Waals surface area contributed by atoms with Crippen molar-refractivity contribution in [1.29, 1.82) is 0 Å². The third-order valence-electron chi connectivity index (χ3n) is 4.53. The summed E-state index contributed by atoms with van der Waals surface area (Å²) in [7, 11) is 2.22. The standard InChI is InChI=1S/C14H27N3O2/c1-4-19-13(18)14(2,15)10-17-8-7-11-5-6-12(9-17)16(11)3/h11-12H,4-10,15H2,1-3H3. The van der Waals surface area contributed by atoms with Gasteiger partial charge in [0.25, 0.3) is 0 Å². The van der Waals surface area contributed by atoms with Crippen LogP contribution in [0.15, 0.2) is 0 Å². The number of hydrogen-bond acceptors (Lipinski definition) is 5. The smallest absolute Gasteiger partial charge is 0.327 e. The van der Waals surface area contributed by atoms with Crippen molar-refractivity contribution in [3.05, 3.63) is 0 Å². The first-order valence-corrected chi connectivity index (χ1v) is 7.34. The van der Waals surface area contributed by atoms with Crippen LogP contribution in [0.4, 0.5) is 0 Å². The summed E-state index contributed by atoms with van der Waals surface area (Å²) in [5.41, 5.74) is 5.23. The third-order valence-corrected chi connectivity index (χ3v) is 4.53. The van der Waals surface area contributed by atoms with Crippen LogP contribution in [0.25, 0.3) is 0 Å². The number of rotatable bonds is 4. The first-order chi connectivity index (χ1) is 8.94. The van der Waals surface area contributed by atoms with Gasteiger partial charge in [0.1, 0.15) is 5.54 Å². The highest BCUT2D eigenvalue weighted by atomic mass is 16.5. The van der Waals surface area contributed by atoms with Gasteiger partial charge in [-0.1, -0.05) is 0 Å². The van der Waals surface area contributed by atoms with Gasteiger partial charge >= 0.3 is 5.97 Å². The number of hydrogen-bond donors (Lipinski definition) is 1. The molecule has 0 saturated carbocycles. The predicted molar refractivity (Wildman–Crippen MR) is 74.9 cm³/mol. The first-order valence-electron chi connectivity index (χ1n) is 7.34. The molecule has 2 aliphatic heterocycles. The maximum atomic E-state index is 11.9. The summed E-state index contributed by atoms with van der Waals surface area (Å²) in [5.74, 6) is -0.294. The lowest BCUT2D eigenvalue weighted by atomic mass is 10.0. The first kappa shape index (κ1) is 14.8. The molecular weight excluding hydrogens is 242 g/mol. The van der Waals surface area contributed by atoms with Crippen molar-refractivity contribution in [1.82, 2.24) is 9.80 Å². The predicted octanol–water partition coefficient (Wildman–Crippen LogP) is 0.435. The molecule has 19 heavy (non-hydrogen) atoms. The molecule has 2 fully saturated rings. The van der Waals surface area contributed by atoms with Gasteiger partial charge in [-0.05, 0) is 46.7 Å². The minimum Gasteiger partial charge on any atom is -0.465 e. The van der Waals surface area contributed by atoms with Gasteiger partial charge in [0, 0.05) is 25.2 Å². The Bertz CT molecular complexity index is 333. The molecular formula is C14H27N3O2. The van der Waals surface area contributed by atoms with Crippen LogP contribution in [0.3, 0.4) is 0 Å². The van der Waals surface area contributed by atoms with Crippen LogP contribution in [0, 0.1) is 0 Å². The van der Waals surface area contributed by atoms with Crippen molar-refractivity contribution in [2.75, 3.05) is 33.3 Å². The van der Waals surface area contributed by atoms with E-state index in [0.717, 1.165) is 13.1 Å². The summed E-state index contributed by atoms with van der Waals surface area (Å²) in [5, 5.41) is 0. The fraction of sp³-hybridized carbons (Fsp3) is 0.929. The summed E-state index contributed by atoms with van der Waals surface area (Å²) in [6.45, 7) is 6.60. The van der Waals surface area contributed by atoms with E-state index in [9.17, 15) is 4.79 Å². The molecule has 3 unspecified atom stereocenters. The van der Waals surface area contributed by atoms with Crippen molar-refractivity contribution < 1.29 is 9.53 Å². The van der Waals surface area contributed by atoms with Gasteiger partial charge in [0.05, 0.1) is 6.61 Å². The molecule has 2 N–H and O–H groups in total. The summed E-state index contributed by atoms with van der Waals surface area (Å²) >= 11 is 0. The van der Waals surface area contributed by atoms with Gasteiger partial charge in [0.15, 0.2) is 0 Å². The lowest BCUT2D eigenvalue weighted by Gasteiger charge is -2.32. The molecule has 0 aliphatic carbocycles. The third kappa shape index (κ3) is 3.27. The molecule has 0 spiro atoms. The number of fused-ring (bicyclic) bond motifs is 2. The summed E-state index contributed by atoms with van der Waals surface area (Å²) in [6, 6.07) is 1.33. The number of likely N-dealkylation sites (N-methyl/N-ethyl adjacent to an activating group) is 1. The van der Waals surface area contributed by atoms with Crippen LogP contribution < -0.4 is 5.73 Å². The number of likely N-dealkylation sites (tertiary alicyclic amines) is 1. The molecule has 0 radical (unpaired) electrons. The number of carbonyl (C=O) groups excluding carboxylic acids is 1. The number of nitrogens with two attached hydrogens (primary N) is 1. The van der Waals surface area contributed by atoms with Gasteiger partial charge in [-0.15, -0.1) is 0 Å². The van der Waals surface area contributed by atoms with Gasteiger partial charge < -0.3 is 10.5 Å². The highest BCUT2D eigenvalue weighted by molar-refractivity contribution is 5.80.